The van der Waals surface area contributed by atoms with Gasteiger partial charge in [0.25, 0.3) is 5.91 Å². The minimum atomic E-state index is -0.976. The van der Waals surface area contributed by atoms with Crippen molar-refractivity contribution in [3.8, 4) is 0 Å². The number of aliphatic carboxylic acids is 1. The van der Waals surface area contributed by atoms with Crippen LogP contribution in [0.3, 0.4) is 0 Å². The van der Waals surface area contributed by atoms with E-state index >= 15 is 0 Å². The van der Waals surface area contributed by atoms with Crippen LogP contribution in [-0.2, 0) is 9.53 Å². The first kappa shape index (κ1) is 12.6. The second kappa shape index (κ2) is 5.63. The fourth-order valence-corrected chi connectivity index (χ4v) is 1.90. The second-order valence-electron chi connectivity index (χ2n) is 4.08. The number of ether oxygens (including phenoxy) is 1. The second-order valence-corrected chi connectivity index (χ2v) is 4.08. The molecule has 7 nitrogen and oxygen atoms in total. The smallest absolute Gasteiger partial charge is 0.329 e. The summed E-state index contributed by atoms with van der Waals surface area (Å²) in [4.78, 5) is 23.9. The predicted octanol–water partition coefficient (Wildman–Crippen LogP) is 0.380. The van der Waals surface area contributed by atoms with Gasteiger partial charge in [0.2, 0.25) is 0 Å². The summed E-state index contributed by atoms with van der Waals surface area (Å²) in [6, 6.07) is 1.52. The molecule has 1 aromatic heterocycles. The van der Waals surface area contributed by atoms with Crippen molar-refractivity contribution in [2.45, 2.75) is 18.9 Å². The van der Waals surface area contributed by atoms with Crippen LogP contribution in [0.15, 0.2) is 16.9 Å². The van der Waals surface area contributed by atoms with Crippen LogP contribution in [0.25, 0.3) is 0 Å². The molecule has 1 fully saturated rings. The van der Waals surface area contributed by atoms with Crippen LogP contribution in [0.4, 0.5) is 0 Å². The lowest BCUT2D eigenvalue weighted by Gasteiger charge is -2.31. The molecule has 98 valence electrons. The first-order valence-corrected chi connectivity index (χ1v) is 5.70. The van der Waals surface area contributed by atoms with Gasteiger partial charge >= 0.3 is 5.97 Å². The Balaban J connectivity index is 1.80. The quantitative estimate of drug-likeness (QED) is 0.835. The first-order valence-electron chi connectivity index (χ1n) is 5.70. The molecular formula is C11H14N2O5. The molecule has 1 aliphatic heterocycles. The number of nitrogens with zero attached hydrogens (tertiary/aromatic N) is 2. The Kier molecular flexibility index (Phi) is 3.93. The molecule has 0 bridgehead atoms. The third-order valence-electron chi connectivity index (χ3n) is 2.83. The van der Waals surface area contributed by atoms with E-state index in [1.807, 2.05) is 0 Å². The molecule has 18 heavy (non-hydrogen) atoms. The van der Waals surface area contributed by atoms with Gasteiger partial charge < -0.3 is 19.3 Å². The number of amides is 1. The summed E-state index contributed by atoms with van der Waals surface area (Å²) >= 11 is 0. The fourth-order valence-electron chi connectivity index (χ4n) is 1.90. The Morgan fingerprint density at radius 2 is 2.22 bits per heavy atom. The van der Waals surface area contributed by atoms with Gasteiger partial charge in [0.15, 0.2) is 5.69 Å². The van der Waals surface area contributed by atoms with Crippen LogP contribution in [0.2, 0.25) is 0 Å². The van der Waals surface area contributed by atoms with E-state index in [9.17, 15) is 9.59 Å². The number of aromatic nitrogens is 1. The Morgan fingerprint density at radius 1 is 1.50 bits per heavy atom. The van der Waals surface area contributed by atoms with Gasteiger partial charge in [-0.1, -0.05) is 5.16 Å². The monoisotopic (exact) mass is 254 g/mol. The molecule has 2 rings (SSSR count). The van der Waals surface area contributed by atoms with Crippen molar-refractivity contribution < 1.29 is 24.0 Å². The zero-order valence-electron chi connectivity index (χ0n) is 9.74. The molecule has 0 aliphatic carbocycles. The Morgan fingerprint density at radius 3 is 2.78 bits per heavy atom. The van der Waals surface area contributed by atoms with Gasteiger partial charge in [0, 0.05) is 19.2 Å². The van der Waals surface area contributed by atoms with E-state index < -0.39 is 5.97 Å². The predicted molar refractivity (Wildman–Crippen MR) is 59.0 cm³/mol. The lowest BCUT2D eigenvalue weighted by atomic mass is 10.1. The van der Waals surface area contributed by atoms with E-state index in [-0.39, 0.29) is 18.6 Å². The molecule has 1 aliphatic rings. The van der Waals surface area contributed by atoms with Gasteiger partial charge in [-0.15, -0.1) is 0 Å². The molecule has 0 aromatic carbocycles. The number of piperidine rings is 1. The normalized spacial score (nSPS) is 16.8. The summed E-state index contributed by atoms with van der Waals surface area (Å²) in [7, 11) is 0. The number of rotatable bonds is 4. The maximum atomic E-state index is 11.9. The van der Waals surface area contributed by atoms with E-state index in [4.69, 9.17) is 9.84 Å². The standard InChI is InChI=1S/C11H14N2O5/c14-10(15)7-17-8-1-4-13(5-2-8)11(16)9-3-6-18-12-9/h3,6,8H,1-2,4-5,7H2,(H,14,15). The van der Waals surface area contributed by atoms with E-state index in [1.165, 1.54) is 12.3 Å². The molecule has 0 radical (unpaired) electrons. The molecule has 1 saturated heterocycles. The number of likely N-dealkylation sites (tertiary alicyclic amines) is 1. The van der Waals surface area contributed by atoms with Crippen molar-refractivity contribution >= 4 is 11.9 Å². The third-order valence-corrected chi connectivity index (χ3v) is 2.83. The highest BCUT2D eigenvalue weighted by atomic mass is 16.5. The van der Waals surface area contributed by atoms with E-state index in [1.54, 1.807) is 4.90 Å². The van der Waals surface area contributed by atoms with E-state index in [0.29, 0.717) is 31.6 Å². The number of carboxylic acid groups (broad SMARTS) is 1. The number of carbonyl (C=O) groups excluding carboxylic acids is 1. The molecule has 1 amide bonds. The Bertz CT molecular complexity index is 409. The molecule has 2 heterocycles. The molecule has 1 N–H and O–H groups in total. The van der Waals surface area contributed by atoms with Gasteiger partial charge in [-0.2, -0.15) is 0 Å². The highest BCUT2D eigenvalue weighted by molar-refractivity contribution is 5.92. The Hall–Kier alpha value is -1.89. The summed E-state index contributed by atoms with van der Waals surface area (Å²) < 4.78 is 9.82. The summed E-state index contributed by atoms with van der Waals surface area (Å²) in [6.07, 6.45) is 2.53. The zero-order valence-corrected chi connectivity index (χ0v) is 9.74. The van der Waals surface area contributed by atoms with Crippen LogP contribution >= 0.6 is 0 Å². The lowest BCUT2D eigenvalue weighted by Crippen LogP contribution is -2.41. The van der Waals surface area contributed by atoms with Crippen LogP contribution in [0.5, 0.6) is 0 Å². The summed E-state index contributed by atoms with van der Waals surface area (Å²) in [6.45, 7) is 0.786. The van der Waals surface area contributed by atoms with Crippen LogP contribution in [-0.4, -0.2) is 52.8 Å². The number of hydrogen-bond donors (Lipinski definition) is 1. The maximum absolute atomic E-state index is 11.9. The molecule has 0 saturated carbocycles. The van der Waals surface area contributed by atoms with Crippen LogP contribution < -0.4 is 0 Å². The van der Waals surface area contributed by atoms with Crippen molar-refractivity contribution in [3.05, 3.63) is 18.0 Å². The average molecular weight is 254 g/mol. The summed E-state index contributed by atoms with van der Waals surface area (Å²) in [5.74, 6) is -1.14. The van der Waals surface area contributed by atoms with Gasteiger partial charge in [0.05, 0.1) is 6.10 Å². The minimum absolute atomic E-state index is 0.0949. The van der Waals surface area contributed by atoms with E-state index in [0.717, 1.165) is 0 Å². The molecule has 0 atom stereocenters. The van der Waals surface area contributed by atoms with Crippen molar-refractivity contribution in [1.82, 2.24) is 10.1 Å². The highest BCUT2D eigenvalue weighted by Gasteiger charge is 2.25. The first-order chi connectivity index (χ1) is 8.66. The molecular weight excluding hydrogens is 240 g/mol. The maximum Gasteiger partial charge on any atom is 0.329 e. The van der Waals surface area contributed by atoms with Gasteiger partial charge in [0.1, 0.15) is 12.9 Å². The van der Waals surface area contributed by atoms with Crippen molar-refractivity contribution in [3.63, 3.8) is 0 Å². The SMILES string of the molecule is O=C(O)COC1CCN(C(=O)c2ccon2)CC1. The van der Waals surface area contributed by atoms with Crippen molar-refractivity contribution in [2.75, 3.05) is 19.7 Å². The van der Waals surface area contributed by atoms with Crippen molar-refractivity contribution in [2.24, 2.45) is 0 Å². The van der Waals surface area contributed by atoms with Crippen LogP contribution in [0, 0.1) is 0 Å². The largest absolute Gasteiger partial charge is 0.480 e. The average Bonchev–Trinajstić information content (AvgIpc) is 2.90. The number of hydrogen-bond acceptors (Lipinski definition) is 5. The fraction of sp³-hybridized carbons (Fsp3) is 0.545. The molecule has 1 aromatic rings. The molecule has 0 unspecified atom stereocenters. The van der Waals surface area contributed by atoms with Gasteiger partial charge in [-0.3, -0.25) is 4.79 Å². The minimum Gasteiger partial charge on any atom is -0.480 e. The van der Waals surface area contributed by atoms with Gasteiger partial charge in [-0.05, 0) is 12.8 Å². The van der Waals surface area contributed by atoms with E-state index in [2.05, 4.69) is 9.68 Å². The number of carbonyl (C=O) groups is 2. The lowest BCUT2D eigenvalue weighted by molar-refractivity contribution is -0.145. The topological polar surface area (TPSA) is 92.9 Å². The highest BCUT2D eigenvalue weighted by Crippen LogP contribution is 2.15. The third kappa shape index (κ3) is 3.07. The number of carboxylic acids is 1. The van der Waals surface area contributed by atoms with Crippen molar-refractivity contribution in [1.29, 1.82) is 0 Å². The Labute approximate surface area is 103 Å². The molecule has 7 heteroatoms. The van der Waals surface area contributed by atoms with Gasteiger partial charge in [-0.25, -0.2) is 4.79 Å². The van der Waals surface area contributed by atoms with Crippen LogP contribution in [0.1, 0.15) is 23.3 Å². The molecule has 0 spiro atoms. The summed E-state index contributed by atoms with van der Waals surface area (Å²) in [5.41, 5.74) is 0.292. The summed E-state index contributed by atoms with van der Waals surface area (Å²) in [5, 5.41) is 12.1. The zero-order chi connectivity index (χ0) is 13.0.